The van der Waals surface area contributed by atoms with Crippen LogP contribution in [0, 0.1) is 23.2 Å². The molecule has 0 unspecified atom stereocenters. The van der Waals surface area contributed by atoms with E-state index in [4.69, 9.17) is 5.26 Å². The van der Waals surface area contributed by atoms with Crippen LogP contribution in [0.1, 0.15) is 39.5 Å². The maximum Gasteiger partial charge on any atom is 0.226 e. The Kier molecular flexibility index (Phi) is 4.61. The summed E-state index contributed by atoms with van der Waals surface area (Å²) >= 11 is 0. The summed E-state index contributed by atoms with van der Waals surface area (Å²) in [6, 6.07) is 2.05. The van der Waals surface area contributed by atoms with E-state index in [2.05, 4.69) is 13.0 Å². The van der Waals surface area contributed by atoms with Crippen molar-refractivity contribution in [2.45, 2.75) is 39.5 Å². The van der Waals surface area contributed by atoms with E-state index in [1.165, 1.54) is 0 Å². The molecule has 0 aromatic heterocycles. The number of rotatable bonds is 3. The molecule has 0 spiro atoms. The number of carbonyl (C=O) groups excluding carboxylic acids is 1. The van der Waals surface area contributed by atoms with E-state index in [1.807, 2.05) is 6.92 Å². The van der Waals surface area contributed by atoms with Gasteiger partial charge in [-0.05, 0) is 38.5 Å². The molecule has 1 aliphatic rings. The standard InChI is InChI=1S/C12H20N2O/c1-3-14(9-8-13)12(15)11-6-4-10(2)5-7-11/h10-11H,3-7,9H2,1-2H3. The van der Waals surface area contributed by atoms with E-state index < -0.39 is 0 Å². The summed E-state index contributed by atoms with van der Waals surface area (Å²) in [6.07, 6.45) is 4.31. The number of nitriles is 1. The largest absolute Gasteiger partial charge is 0.329 e. The first-order valence-corrected chi connectivity index (χ1v) is 5.84. The Morgan fingerprint density at radius 3 is 2.47 bits per heavy atom. The Labute approximate surface area is 92.1 Å². The first kappa shape index (κ1) is 12.0. The van der Waals surface area contributed by atoms with Gasteiger partial charge < -0.3 is 4.90 Å². The topological polar surface area (TPSA) is 44.1 Å². The lowest BCUT2D eigenvalue weighted by Gasteiger charge is -2.29. The smallest absolute Gasteiger partial charge is 0.226 e. The predicted molar refractivity (Wildman–Crippen MR) is 59.0 cm³/mol. The van der Waals surface area contributed by atoms with Crippen LogP contribution in [-0.4, -0.2) is 23.9 Å². The van der Waals surface area contributed by atoms with Crippen molar-refractivity contribution in [3.63, 3.8) is 0 Å². The van der Waals surface area contributed by atoms with Gasteiger partial charge in [-0.1, -0.05) is 6.92 Å². The van der Waals surface area contributed by atoms with Gasteiger partial charge >= 0.3 is 0 Å². The van der Waals surface area contributed by atoms with Crippen molar-refractivity contribution in [2.75, 3.05) is 13.1 Å². The van der Waals surface area contributed by atoms with E-state index in [1.54, 1.807) is 4.90 Å². The lowest BCUT2D eigenvalue weighted by molar-refractivity contribution is -0.136. The highest BCUT2D eigenvalue weighted by atomic mass is 16.2. The SMILES string of the molecule is CCN(CC#N)C(=O)C1CCC(C)CC1. The minimum atomic E-state index is 0.175. The second-order valence-corrected chi connectivity index (χ2v) is 4.47. The fraction of sp³-hybridized carbons (Fsp3) is 0.833. The molecule has 0 atom stereocenters. The van der Waals surface area contributed by atoms with Crippen LogP contribution in [0.4, 0.5) is 0 Å². The summed E-state index contributed by atoms with van der Waals surface area (Å²) in [4.78, 5) is 13.7. The Hall–Kier alpha value is -1.04. The molecule has 0 aromatic carbocycles. The molecule has 0 N–H and O–H groups in total. The summed E-state index contributed by atoms with van der Waals surface area (Å²) in [7, 11) is 0. The van der Waals surface area contributed by atoms with Crippen molar-refractivity contribution in [3.8, 4) is 6.07 Å². The van der Waals surface area contributed by atoms with Crippen molar-refractivity contribution >= 4 is 5.91 Å². The Morgan fingerprint density at radius 1 is 1.40 bits per heavy atom. The zero-order valence-electron chi connectivity index (χ0n) is 9.70. The third-order valence-corrected chi connectivity index (χ3v) is 3.32. The normalized spacial score (nSPS) is 25.7. The third-order valence-electron chi connectivity index (χ3n) is 3.32. The van der Waals surface area contributed by atoms with Crippen LogP contribution in [0.25, 0.3) is 0 Å². The monoisotopic (exact) mass is 208 g/mol. The molecule has 1 saturated carbocycles. The number of carbonyl (C=O) groups is 1. The van der Waals surface area contributed by atoms with Crippen LogP contribution >= 0.6 is 0 Å². The van der Waals surface area contributed by atoms with E-state index in [0.717, 1.165) is 31.6 Å². The molecule has 0 aliphatic heterocycles. The second kappa shape index (κ2) is 5.75. The third kappa shape index (κ3) is 3.23. The van der Waals surface area contributed by atoms with E-state index in [9.17, 15) is 4.79 Å². The lowest BCUT2D eigenvalue weighted by atomic mass is 9.82. The van der Waals surface area contributed by atoms with Crippen LogP contribution in [0.2, 0.25) is 0 Å². The van der Waals surface area contributed by atoms with Gasteiger partial charge in [0.1, 0.15) is 6.54 Å². The average molecular weight is 208 g/mol. The van der Waals surface area contributed by atoms with Crippen molar-refractivity contribution in [3.05, 3.63) is 0 Å². The van der Waals surface area contributed by atoms with Gasteiger partial charge in [0.2, 0.25) is 5.91 Å². The molecule has 3 heteroatoms. The van der Waals surface area contributed by atoms with Crippen molar-refractivity contribution in [1.82, 2.24) is 4.90 Å². The van der Waals surface area contributed by atoms with Crippen LogP contribution in [0.5, 0.6) is 0 Å². The molecule has 0 radical (unpaired) electrons. The van der Waals surface area contributed by atoms with E-state index >= 15 is 0 Å². The van der Waals surface area contributed by atoms with Crippen LogP contribution < -0.4 is 0 Å². The number of amides is 1. The Balaban J connectivity index is 2.48. The molecule has 15 heavy (non-hydrogen) atoms. The first-order chi connectivity index (χ1) is 7.19. The van der Waals surface area contributed by atoms with Gasteiger partial charge in [-0.25, -0.2) is 0 Å². The van der Waals surface area contributed by atoms with Gasteiger partial charge in [-0.15, -0.1) is 0 Å². The summed E-state index contributed by atoms with van der Waals surface area (Å²) in [6.45, 7) is 5.06. The van der Waals surface area contributed by atoms with Gasteiger partial charge in [0.05, 0.1) is 6.07 Å². The maximum absolute atomic E-state index is 12.0. The fourth-order valence-corrected chi connectivity index (χ4v) is 2.20. The number of nitrogens with zero attached hydrogens (tertiary/aromatic N) is 2. The van der Waals surface area contributed by atoms with E-state index in [-0.39, 0.29) is 18.4 Å². The van der Waals surface area contributed by atoms with Gasteiger partial charge in [0.15, 0.2) is 0 Å². The van der Waals surface area contributed by atoms with Crippen molar-refractivity contribution in [2.24, 2.45) is 11.8 Å². The van der Waals surface area contributed by atoms with Gasteiger partial charge in [-0.3, -0.25) is 4.79 Å². The molecule has 3 nitrogen and oxygen atoms in total. The minimum absolute atomic E-state index is 0.175. The summed E-state index contributed by atoms with van der Waals surface area (Å²) < 4.78 is 0. The molecule has 1 aliphatic carbocycles. The molecule has 1 amide bonds. The zero-order valence-corrected chi connectivity index (χ0v) is 9.70. The zero-order chi connectivity index (χ0) is 11.3. The van der Waals surface area contributed by atoms with E-state index in [0.29, 0.717) is 6.54 Å². The fourth-order valence-electron chi connectivity index (χ4n) is 2.20. The van der Waals surface area contributed by atoms with Gasteiger partial charge in [0, 0.05) is 12.5 Å². The summed E-state index contributed by atoms with van der Waals surface area (Å²) in [5.41, 5.74) is 0. The van der Waals surface area contributed by atoms with Crippen molar-refractivity contribution < 1.29 is 4.79 Å². The highest BCUT2D eigenvalue weighted by Gasteiger charge is 2.27. The Morgan fingerprint density at radius 2 is 2.00 bits per heavy atom. The van der Waals surface area contributed by atoms with Gasteiger partial charge in [-0.2, -0.15) is 5.26 Å². The molecule has 0 aromatic rings. The van der Waals surface area contributed by atoms with Crippen LogP contribution in [0.15, 0.2) is 0 Å². The number of hydrogen-bond donors (Lipinski definition) is 0. The van der Waals surface area contributed by atoms with Crippen LogP contribution in [-0.2, 0) is 4.79 Å². The summed E-state index contributed by atoms with van der Waals surface area (Å²) in [5, 5.41) is 8.61. The van der Waals surface area contributed by atoms with Crippen molar-refractivity contribution in [1.29, 1.82) is 5.26 Å². The Bertz CT molecular complexity index is 249. The molecule has 84 valence electrons. The number of hydrogen-bond acceptors (Lipinski definition) is 2. The molecule has 0 heterocycles. The molecular formula is C12H20N2O. The predicted octanol–water partition coefficient (Wildman–Crippen LogP) is 2.18. The highest BCUT2D eigenvalue weighted by Crippen LogP contribution is 2.29. The molecule has 0 bridgehead atoms. The molecule has 1 rings (SSSR count). The minimum Gasteiger partial charge on any atom is -0.329 e. The quantitative estimate of drug-likeness (QED) is 0.667. The summed E-state index contributed by atoms with van der Waals surface area (Å²) in [5.74, 6) is 1.13. The molecular weight excluding hydrogens is 188 g/mol. The van der Waals surface area contributed by atoms with Gasteiger partial charge in [0.25, 0.3) is 0 Å². The molecule has 0 saturated heterocycles. The lowest BCUT2D eigenvalue weighted by Crippen LogP contribution is -2.37. The highest BCUT2D eigenvalue weighted by molar-refractivity contribution is 5.79. The molecule has 1 fully saturated rings. The van der Waals surface area contributed by atoms with Crippen LogP contribution in [0.3, 0.4) is 0 Å². The first-order valence-electron chi connectivity index (χ1n) is 5.84. The second-order valence-electron chi connectivity index (χ2n) is 4.47. The maximum atomic E-state index is 12.0. The average Bonchev–Trinajstić information content (AvgIpc) is 2.26.